The standard InChI is InChI=1S/C15H25N3O/c1-4-16-10-13-5-7-17-15(9-13)18-8-6-12(2)14(11-18)19-3/h5,7,9,12,14,16H,4,6,8,10-11H2,1-3H3. The molecule has 1 aromatic rings. The van der Waals surface area contributed by atoms with Crippen molar-refractivity contribution in [1.82, 2.24) is 10.3 Å². The maximum absolute atomic E-state index is 5.57. The van der Waals surface area contributed by atoms with Crippen LogP contribution in [-0.2, 0) is 11.3 Å². The third-order valence-corrected chi connectivity index (χ3v) is 3.91. The molecule has 2 atom stereocenters. The molecule has 0 aliphatic carbocycles. The normalized spacial score (nSPS) is 23.6. The number of rotatable bonds is 5. The van der Waals surface area contributed by atoms with Gasteiger partial charge in [-0.2, -0.15) is 0 Å². The van der Waals surface area contributed by atoms with Gasteiger partial charge < -0.3 is 15.0 Å². The molecule has 4 nitrogen and oxygen atoms in total. The summed E-state index contributed by atoms with van der Waals surface area (Å²) >= 11 is 0. The zero-order valence-corrected chi connectivity index (χ0v) is 12.2. The summed E-state index contributed by atoms with van der Waals surface area (Å²) in [6.07, 6.45) is 3.38. The van der Waals surface area contributed by atoms with E-state index in [1.807, 2.05) is 6.20 Å². The Balaban J connectivity index is 2.04. The van der Waals surface area contributed by atoms with Crippen molar-refractivity contribution in [2.75, 3.05) is 31.6 Å². The minimum Gasteiger partial charge on any atom is -0.379 e. The van der Waals surface area contributed by atoms with Crippen molar-refractivity contribution in [3.8, 4) is 0 Å². The quantitative estimate of drug-likeness (QED) is 0.882. The molecule has 1 fully saturated rings. The van der Waals surface area contributed by atoms with Crippen LogP contribution in [0.3, 0.4) is 0 Å². The molecule has 0 saturated carbocycles. The Hall–Kier alpha value is -1.13. The smallest absolute Gasteiger partial charge is 0.128 e. The molecule has 4 heteroatoms. The second-order valence-corrected chi connectivity index (χ2v) is 5.29. The molecule has 1 saturated heterocycles. The topological polar surface area (TPSA) is 37.4 Å². The molecule has 19 heavy (non-hydrogen) atoms. The number of hydrogen-bond donors (Lipinski definition) is 1. The fourth-order valence-corrected chi connectivity index (χ4v) is 2.56. The Kier molecular flexibility index (Phi) is 5.16. The van der Waals surface area contributed by atoms with Gasteiger partial charge in [-0.05, 0) is 36.6 Å². The van der Waals surface area contributed by atoms with Crippen LogP contribution < -0.4 is 10.2 Å². The first-order valence-electron chi connectivity index (χ1n) is 7.18. The van der Waals surface area contributed by atoms with E-state index in [-0.39, 0.29) is 0 Å². The fraction of sp³-hybridized carbons (Fsp3) is 0.667. The van der Waals surface area contributed by atoms with E-state index < -0.39 is 0 Å². The van der Waals surface area contributed by atoms with Gasteiger partial charge in [-0.3, -0.25) is 0 Å². The van der Waals surface area contributed by atoms with Gasteiger partial charge >= 0.3 is 0 Å². The average Bonchev–Trinajstić information content (AvgIpc) is 2.46. The molecule has 1 aliphatic rings. The molecule has 1 aliphatic heterocycles. The summed E-state index contributed by atoms with van der Waals surface area (Å²) in [5.41, 5.74) is 1.29. The van der Waals surface area contributed by atoms with Crippen LogP contribution >= 0.6 is 0 Å². The number of ether oxygens (including phenoxy) is 1. The predicted molar refractivity (Wildman–Crippen MR) is 78.4 cm³/mol. The predicted octanol–water partition coefficient (Wildman–Crippen LogP) is 2.05. The minimum absolute atomic E-state index is 0.313. The van der Waals surface area contributed by atoms with E-state index in [9.17, 15) is 0 Å². The van der Waals surface area contributed by atoms with Gasteiger partial charge in [-0.25, -0.2) is 4.98 Å². The van der Waals surface area contributed by atoms with Crippen molar-refractivity contribution < 1.29 is 4.74 Å². The van der Waals surface area contributed by atoms with Crippen LogP contribution in [0.25, 0.3) is 0 Å². The van der Waals surface area contributed by atoms with Crippen molar-refractivity contribution in [1.29, 1.82) is 0 Å². The lowest BCUT2D eigenvalue weighted by atomic mass is 9.96. The number of hydrogen-bond acceptors (Lipinski definition) is 4. The molecule has 0 aromatic carbocycles. The number of nitrogens with one attached hydrogen (secondary N) is 1. The highest BCUT2D eigenvalue weighted by Crippen LogP contribution is 2.23. The highest BCUT2D eigenvalue weighted by Gasteiger charge is 2.26. The molecule has 0 amide bonds. The molecule has 2 heterocycles. The highest BCUT2D eigenvalue weighted by molar-refractivity contribution is 5.41. The zero-order chi connectivity index (χ0) is 13.7. The van der Waals surface area contributed by atoms with E-state index in [0.29, 0.717) is 12.0 Å². The molecule has 2 rings (SSSR count). The monoisotopic (exact) mass is 263 g/mol. The van der Waals surface area contributed by atoms with Crippen LogP contribution in [0.1, 0.15) is 25.8 Å². The summed E-state index contributed by atoms with van der Waals surface area (Å²) in [5.74, 6) is 1.70. The van der Waals surface area contributed by atoms with Crippen molar-refractivity contribution in [2.45, 2.75) is 32.9 Å². The molecule has 1 aromatic heterocycles. The molecule has 1 N–H and O–H groups in total. The van der Waals surface area contributed by atoms with Crippen LogP contribution in [0, 0.1) is 5.92 Å². The van der Waals surface area contributed by atoms with Gasteiger partial charge in [0.2, 0.25) is 0 Å². The number of aromatic nitrogens is 1. The Bertz CT molecular complexity index is 397. The Morgan fingerprint density at radius 2 is 2.37 bits per heavy atom. The lowest BCUT2D eigenvalue weighted by molar-refractivity contribution is 0.0496. The Morgan fingerprint density at radius 3 is 3.11 bits per heavy atom. The second kappa shape index (κ2) is 6.87. The van der Waals surface area contributed by atoms with Gasteiger partial charge in [0.05, 0.1) is 6.10 Å². The SMILES string of the molecule is CCNCc1ccnc(N2CCC(C)C(OC)C2)c1. The first-order chi connectivity index (χ1) is 9.24. The van der Waals surface area contributed by atoms with E-state index in [1.165, 1.54) is 5.56 Å². The number of methoxy groups -OCH3 is 1. The molecule has 2 unspecified atom stereocenters. The van der Waals surface area contributed by atoms with Crippen molar-refractivity contribution in [3.63, 3.8) is 0 Å². The van der Waals surface area contributed by atoms with E-state index in [0.717, 1.165) is 38.4 Å². The lowest BCUT2D eigenvalue weighted by Crippen LogP contribution is -2.44. The molecular weight excluding hydrogens is 238 g/mol. The Morgan fingerprint density at radius 1 is 1.53 bits per heavy atom. The third-order valence-electron chi connectivity index (χ3n) is 3.91. The van der Waals surface area contributed by atoms with Crippen molar-refractivity contribution >= 4 is 5.82 Å². The van der Waals surface area contributed by atoms with Crippen LogP contribution in [0.4, 0.5) is 5.82 Å². The lowest BCUT2D eigenvalue weighted by Gasteiger charge is -2.37. The number of piperidine rings is 1. The van der Waals surface area contributed by atoms with Gasteiger partial charge in [0.25, 0.3) is 0 Å². The summed E-state index contributed by atoms with van der Waals surface area (Å²) in [7, 11) is 1.81. The van der Waals surface area contributed by atoms with Crippen LogP contribution in [-0.4, -0.2) is 37.8 Å². The Labute approximate surface area is 116 Å². The summed E-state index contributed by atoms with van der Waals surface area (Å²) < 4.78 is 5.57. The van der Waals surface area contributed by atoms with E-state index >= 15 is 0 Å². The van der Waals surface area contributed by atoms with Crippen LogP contribution in [0.15, 0.2) is 18.3 Å². The fourth-order valence-electron chi connectivity index (χ4n) is 2.56. The average molecular weight is 263 g/mol. The van der Waals surface area contributed by atoms with Crippen molar-refractivity contribution in [2.24, 2.45) is 5.92 Å². The van der Waals surface area contributed by atoms with Crippen LogP contribution in [0.2, 0.25) is 0 Å². The second-order valence-electron chi connectivity index (χ2n) is 5.29. The minimum atomic E-state index is 0.313. The molecule has 0 spiro atoms. The zero-order valence-electron chi connectivity index (χ0n) is 12.2. The maximum Gasteiger partial charge on any atom is 0.128 e. The maximum atomic E-state index is 5.57. The van der Waals surface area contributed by atoms with Gasteiger partial charge in [0.15, 0.2) is 0 Å². The molecule has 0 radical (unpaired) electrons. The van der Waals surface area contributed by atoms with E-state index in [4.69, 9.17) is 4.74 Å². The van der Waals surface area contributed by atoms with Crippen molar-refractivity contribution in [3.05, 3.63) is 23.9 Å². The van der Waals surface area contributed by atoms with E-state index in [2.05, 4.69) is 41.2 Å². The van der Waals surface area contributed by atoms with Gasteiger partial charge in [0, 0.05) is 32.9 Å². The molecule has 0 bridgehead atoms. The van der Waals surface area contributed by atoms with Gasteiger partial charge in [-0.1, -0.05) is 13.8 Å². The number of pyridine rings is 1. The summed E-state index contributed by atoms with van der Waals surface area (Å²) in [6, 6.07) is 4.26. The first-order valence-corrected chi connectivity index (χ1v) is 7.18. The van der Waals surface area contributed by atoms with Gasteiger partial charge in [0.1, 0.15) is 5.82 Å². The molecular formula is C15H25N3O. The molecule has 106 valence electrons. The van der Waals surface area contributed by atoms with Gasteiger partial charge in [-0.15, -0.1) is 0 Å². The van der Waals surface area contributed by atoms with E-state index in [1.54, 1.807) is 7.11 Å². The highest BCUT2D eigenvalue weighted by atomic mass is 16.5. The summed E-state index contributed by atoms with van der Waals surface area (Å²) in [6.45, 7) is 8.29. The third kappa shape index (κ3) is 3.67. The summed E-state index contributed by atoms with van der Waals surface area (Å²) in [4.78, 5) is 6.84. The first kappa shape index (κ1) is 14.3. The number of nitrogens with zero attached hydrogens (tertiary/aromatic N) is 2. The number of anilines is 1. The summed E-state index contributed by atoms with van der Waals surface area (Å²) in [5, 5.41) is 3.35. The van der Waals surface area contributed by atoms with Crippen LogP contribution in [0.5, 0.6) is 0 Å². The largest absolute Gasteiger partial charge is 0.379 e.